The lowest BCUT2D eigenvalue weighted by molar-refractivity contribution is -0.122. The van der Waals surface area contributed by atoms with Crippen molar-refractivity contribution >= 4 is 51.0 Å². The summed E-state index contributed by atoms with van der Waals surface area (Å²) in [7, 11) is -4.11. The van der Waals surface area contributed by atoms with Crippen molar-refractivity contribution < 1.29 is 26.9 Å². The van der Waals surface area contributed by atoms with Crippen molar-refractivity contribution in [3.63, 3.8) is 0 Å². The minimum Gasteiger partial charge on any atom is -0.490 e. The van der Waals surface area contributed by atoms with Crippen molar-refractivity contribution in [3.8, 4) is 11.5 Å². The zero-order valence-electron chi connectivity index (χ0n) is 19.4. The van der Waals surface area contributed by atoms with E-state index in [0.29, 0.717) is 11.3 Å². The van der Waals surface area contributed by atoms with Crippen LogP contribution in [0.5, 0.6) is 11.5 Å². The third-order valence-electron chi connectivity index (χ3n) is 5.20. The number of nitrogens with one attached hydrogen (secondary N) is 1. The standard InChI is InChI=1S/C26H22N2O6S2/c1-3-33-23-16-18(11-14-22(23)34-36(31,32)20-12-9-17(2)10-13-20)15-21-24(29)27-26(35)28(25(21)30)19-7-5-4-6-8-19/h4-16H,3H2,1-2H3,(H,27,29,35)/b21-15-. The van der Waals surface area contributed by atoms with Crippen LogP contribution in [0, 0.1) is 6.92 Å². The average Bonchev–Trinajstić information content (AvgIpc) is 2.84. The Kier molecular flexibility index (Phi) is 7.18. The van der Waals surface area contributed by atoms with Crippen LogP contribution in [0.3, 0.4) is 0 Å². The Hall–Kier alpha value is -4.02. The van der Waals surface area contributed by atoms with Gasteiger partial charge in [-0.15, -0.1) is 0 Å². The molecule has 0 aromatic heterocycles. The molecule has 1 aliphatic heterocycles. The van der Waals surface area contributed by atoms with E-state index in [4.69, 9.17) is 21.1 Å². The fraction of sp³-hybridized carbons (Fsp3) is 0.115. The number of hydrogen-bond donors (Lipinski definition) is 1. The monoisotopic (exact) mass is 522 g/mol. The van der Waals surface area contributed by atoms with E-state index in [-0.39, 0.29) is 33.7 Å². The van der Waals surface area contributed by atoms with E-state index in [1.54, 1.807) is 49.4 Å². The number of benzene rings is 3. The molecule has 0 unspecified atom stereocenters. The second-order valence-electron chi connectivity index (χ2n) is 7.78. The highest BCUT2D eigenvalue weighted by molar-refractivity contribution is 7.87. The van der Waals surface area contributed by atoms with Gasteiger partial charge in [-0.05, 0) is 74.1 Å². The van der Waals surface area contributed by atoms with Crippen LogP contribution in [0.15, 0.2) is 83.3 Å². The summed E-state index contributed by atoms with van der Waals surface area (Å²) < 4.78 is 36.4. The number of nitrogens with zero attached hydrogens (tertiary/aromatic N) is 1. The lowest BCUT2D eigenvalue weighted by Gasteiger charge is -2.28. The molecule has 1 aliphatic rings. The molecule has 1 fully saturated rings. The van der Waals surface area contributed by atoms with Crippen LogP contribution in [-0.2, 0) is 19.7 Å². The van der Waals surface area contributed by atoms with Crippen LogP contribution in [0.4, 0.5) is 5.69 Å². The number of hydrogen-bond acceptors (Lipinski definition) is 7. The maximum absolute atomic E-state index is 13.2. The predicted molar refractivity (Wildman–Crippen MR) is 139 cm³/mol. The minimum atomic E-state index is -4.11. The average molecular weight is 523 g/mol. The van der Waals surface area contributed by atoms with Crippen LogP contribution in [0.25, 0.3) is 6.08 Å². The second-order valence-corrected chi connectivity index (χ2v) is 9.72. The summed E-state index contributed by atoms with van der Waals surface area (Å²) in [6.45, 7) is 3.82. The molecule has 1 heterocycles. The van der Waals surface area contributed by atoms with Gasteiger partial charge in [0, 0.05) is 0 Å². The van der Waals surface area contributed by atoms with E-state index >= 15 is 0 Å². The Morgan fingerprint density at radius 2 is 1.67 bits per heavy atom. The molecule has 2 amide bonds. The SMILES string of the molecule is CCOc1cc(/C=C2/C(=O)NC(=S)N(c3ccccc3)C2=O)ccc1OS(=O)(=O)c1ccc(C)cc1. The number of carbonyl (C=O) groups excluding carboxylic acids is 2. The van der Waals surface area contributed by atoms with Gasteiger partial charge in [-0.3, -0.25) is 19.8 Å². The molecular formula is C26H22N2O6S2. The Morgan fingerprint density at radius 3 is 2.33 bits per heavy atom. The highest BCUT2D eigenvalue weighted by atomic mass is 32.2. The Labute approximate surface area is 214 Å². The maximum Gasteiger partial charge on any atom is 0.339 e. The molecule has 36 heavy (non-hydrogen) atoms. The molecule has 3 aromatic carbocycles. The summed E-state index contributed by atoms with van der Waals surface area (Å²) in [5, 5.41) is 2.51. The first-order valence-corrected chi connectivity index (χ1v) is 12.8. The molecule has 0 atom stereocenters. The Morgan fingerprint density at radius 1 is 0.972 bits per heavy atom. The van der Waals surface area contributed by atoms with Gasteiger partial charge in [0.2, 0.25) is 0 Å². The molecule has 1 N–H and O–H groups in total. The zero-order valence-corrected chi connectivity index (χ0v) is 21.1. The minimum absolute atomic E-state index is 0.00295. The normalized spacial score (nSPS) is 15.1. The summed E-state index contributed by atoms with van der Waals surface area (Å²) in [4.78, 5) is 27.0. The molecule has 0 bridgehead atoms. The van der Waals surface area contributed by atoms with Crippen LogP contribution < -0.4 is 19.1 Å². The zero-order chi connectivity index (χ0) is 25.9. The van der Waals surface area contributed by atoms with E-state index < -0.39 is 21.9 Å². The van der Waals surface area contributed by atoms with E-state index in [0.717, 1.165) is 5.56 Å². The molecule has 184 valence electrons. The topological polar surface area (TPSA) is 102 Å². The third kappa shape index (κ3) is 5.29. The fourth-order valence-corrected chi connectivity index (χ4v) is 4.68. The van der Waals surface area contributed by atoms with E-state index in [1.165, 1.54) is 41.3 Å². The lowest BCUT2D eigenvalue weighted by atomic mass is 10.1. The smallest absolute Gasteiger partial charge is 0.339 e. The Bertz CT molecular complexity index is 1470. The van der Waals surface area contributed by atoms with E-state index in [2.05, 4.69) is 5.32 Å². The summed E-state index contributed by atoms with van der Waals surface area (Å²) >= 11 is 5.20. The molecule has 8 nitrogen and oxygen atoms in total. The lowest BCUT2D eigenvalue weighted by Crippen LogP contribution is -2.54. The highest BCUT2D eigenvalue weighted by Gasteiger charge is 2.34. The molecule has 0 saturated carbocycles. The Balaban J connectivity index is 1.67. The van der Waals surface area contributed by atoms with Gasteiger partial charge >= 0.3 is 10.1 Å². The van der Waals surface area contributed by atoms with Crippen molar-refractivity contribution in [2.75, 3.05) is 11.5 Å². The number of rotatable bonds is 7. The summed E-state index contributed by atoms with van der Waals surface area (Å²) in [6, 6.07) is 19.4. The van der Waals surface area contributed by atoms with Gasteiger partial charge in [-0.2, -0.15) is 8.42 Å². The predicted octanol–water partition coefficient (Wildman–Crippen LogP) is 3.99. The number of carbonyl (C=O) groups is 2. The van der Waals surface area contributed by atoms with Crippen molar-refractivity contribution in [1.29, 1.82) is 0 Å². The molecular weight excluding hydrogens is 500 g/mol. The van der Waals surface area contributed by atoms with Crippen LogP contribution >= 0.6 is 12.2 Å². The first-order chi connectivity index (χ1) is 17.2. The van der Waals surface area contributed by atoms with Gasteiger partial charge in [-0.1, -0.05) is 42.0 Å². The van der Waals surface area contributed by atoms with E-state index in [1.807, 2.05) is 6.92 Å². The van der Waals surface area contributed by atoms with Gasteiger partial charge < -0.3 is 8.92 Å². The van der Waals surface area contributed by atoms with Crippen LogP contribution in [0.2, 0.25) is 0 Å². The van der Waals surface area contributed by atoms with Crippen molar-refractivity contribution in [2.24, 2.45) is 0 Å². The van der Waals surface area contributed by atoms with Gasteiger partial charge in [0.05, 0.1) is 12.3 Å². The molecule has 0 spiro atoms. The number of aryl methyl sites for hydroxylation is 1. The number of ether oxygens (including phenoxy) is 1. The molecule has 0 radical (unpaired) electrons. The first kappa shape index (κ1) is 25.1. The summed E-state index contributed by atoms with van der Waals surface area (Å²) in [6.07, 6.45) is 1.39. The molecule has 0 aliphatic carbocycles. The highest BCUT2D eigenvalue weighted by Crippen LogP contribution is 2.32. The van der Waals surface area contributed by atoms with Crippen molar-refractivity contribution in [3.05, 3.63) is 89.5 Å². The number of amides is 2. The van der Waals surface area contributed by atoms with Crippen LogP contribution in [0.1, 0.15) is 18.1 Å². The quantitative estimate of drug-likeness (QED) is 0.217. The second kappa shape index (κ2) is 10.3. The number of para-hydroxylation sites is 1. The third-order valence-corrected chi connectivity index (χ3v) is 6.74. The molecule has 1 saturated heterocycles. The molecule has 3 aromatic rings. The number of anilines is 1. The fourth-order valence-electron chi connectivity index (χ4n) is 3.46. The van der Waals surface area contributed by atoms with Crippen molar-refractivity contribution in [2.45, 2.75) is 18.7 Å². The van der Waals surface area contributed by atoms with Gasteiger partial charge in [0.15, 0.2) is 16.6 Å². The van der Waals surface area contributed by atoms with E-state index in [9.17, 15) is 18.0 Å². The van der Waals surface area contributed by atoms with Gasteiger partial charge in [0.25, 0.3) is 11.8 Å². The largest absolute Gasteiger partial charge is 0.490 e. The molecule has 10 heteroatoms. The van der Waals surface area contributed by atoms with Gasteiger partial charge in [0.1, 0.15) is 10.5 Å². The first-order valence-electron chi connectivity index (χ1n) is 10.9. The summed E-state index contributed by atoms with van der Waals surface area (Å²) in [5.41, 5.74) is 1.71. The number of thiocarbonyl (C=S) groups is 1. The maximum atomic E-state index is 13.2. The van der Waals surface area contributed by atoms with Crippen LogP contribution in [-0.4, -0.2) is 32.0 Å². The summed E-state index contributed by atoms with van der Waals surface area (Å²) in [5.74, 6) is -1.11. The van der Waals surface area contributed by atoms with Crippen molar-refractivity contribution in [1.82, 2.24) is 5.32 Å². The van der Waals surface area contributed by atoms with Gasteiger partial charge in [-0.25, -0.2) is 0 Å². The molecule has 4 rings (SSSR count).